The van der Waals surface area contributed by atoms with E-state index in [0.29, 0.717) is 5.69 Å². The van der Waals surface area contributed by atoms with Crippen LogP contribution >= 0.6 is 27.3 Å². The zero-order valence-corrected chi connectivity index (χ0v) is 9.47. The van der Waals surface area contributed by atoms with Crippen molar-refractivity contribution in [2.75, 3.05) is 0 Å². The molecule has 2 rings (SSSR count). The largest absolute Gasteiger partial charge is 0.225 e. The molecule has 0 aliphatic rings. The summed E-state index contributed by atoms with van der Waals surface area (Å²) in [6.45, 7) is 0. The summed E-state index contributed by atoms with van der Waals surface area (Å²) in [5, 5.41) is 11.3. The molecule has 68 valence electrons. The fraction of sp³-hybridized carbons (Fsp3) is 0. The second-order valence-electron chi connectivity index (χ2n) is 2.66. The van der Waals surface area contributed by atoms with Crippen molar-refractivity contribution in [3.05, 3.63) is 39.8 Å². The first-order valence-corrected chi connectivity index (χ1v) is 5.58. The molecule has 2 aromatic rings. The predicted molar refractivity (Wildman–Crippen MR) is 60.0 cm³/mol. The van der Waals surface area contributed by atoms with Crippen LogP contribution in [0.25, 0.3) is 10.6 Å². The maximum atomic E-state index is 8.64. The minimum absolute atomic E-state index is 0.477. The first kappa shape index (κ1) is 9.38. The molecule has 0 unspecified atom stereocenters. The number of hydrogen-bond donors (Lipinski definition) is 0. The molecule has 0 bridgehead atoms. The van der Waals surface area contributed by atoms with E-state index in [4.69, 9.17) is 5.26 Å². The summed E-state index contributed by atoms with van der Waals surface area (Å²) in [5.74, 6) is 0. The van der Waals surface area contributed by atoms with Crippen LogP contribution in [0.5, 0.6) is 0 Å². The Morgan fingerprint density at radius 2 is 2.29 bits per heavy atom. The van der Waals surface area contributed by atoms with Crippen LogP contribution in [-0.4, -0.2) is 4.98 Å². The molecule has 0 fully saturated rings. The lowest BCUT2D eigenvalue weighted by Gasteiger charge is -1.95. The van der Waals surface area contributed by atoms with Crippen LogP contribution in [0.2, 0.25) is 0 Å². The molecule has 0 saturated heterocycles. The molecule has 0 N–H and O–H groups in total. The average molecular weight is 265 g/mol. The highest BCUT2D eigenvalue weighted by Gasteiger charge is 2.03. The second-order valence-corrected chi connectivity index (χ2v) is 4.43. The van der Waals surface area contributed by atoms with Crippen LogP contribution in [0.1, 0.15) is 5.69 Å². The standard InChI is InChI=1S/C10H5BrN2S/c11-8-3-1-2-7(4-8)10-13-9(5-12)6-14-10/h1-4,6H. The van der Waals surface area contributed by atoms with Gasteiger partial charge < -0.3 is 0 Å². The van der Waals surface area contributed by atoms with Crippen LogP contribution < -0.4 is 0 Å². The molecule has 0 aliphatic heterocycles. The quantitative estimate of drug-likeness (QED) is 0.791. The van der Waals surface area contributed by atoms with Gasteiger partial charge in [0.15, 0.2) is 5.69 Å². The number of halogens is 1. The van der Waals surface area contributed by atoms with Crippen LogP contribution in [-0.2, 0) is 0 Å². The van der Waals surface area contributed by atoms with E-state index in [1.807, 2.05) is 30.3 Å². The van der Waals surface area contributed by atoms with E-state index in [9.17, 15) is 0 Å². The third kappa shape index (κ3) is 1.84. The summed E-state index contributed by atoms with van der Waals surface area (Å²) < 4.78 is 1.02. The van der Waals surface area contributed by atoms with Crippen LogP contribution in [0.15, 0.2) is 34.1 Å². The van der Waals surface area contributed by atoms with Gasteiger partial charge in [0, 0.05) is 15.4 Å². The zero-order chi connectivity index (χ0) is 9.97. The van der Waals surface area contributed by atoms with Crippen molar-refractivity contribution in [3.63, 3.8) is 0 Å². The lowest BCUT2D eigenvalue weighted by molar-refractivity contribution is 1.33. The molecule has 1 heterocycles. The summed E-state index contributed by atoms with van der Waals surface area (Å²) >= 11 is 4.88. The number of thiazole rings is 1. The van der Waals surface area contributed by atoms with E-state index >= 15 is 0 Å². The molecule has 0 amide bonds. The van der Waals surface area contributed by atoms with Crippen molar-refractivity contribution in [1.82, 2.24) is 4.98 Å². The lowest BCUT2D eigenvalue weighted by Crippen LogP contribution is -1.77. The highest BCUT2D eigenvalue weighted by molar-refractivity contribution is 9.10. The molecule has 1 aromatic heterocycles. The van der Waals surface area contributed by atoms with Gasteiger partial charge in [0.1, 0.15) is 11.1 Å². The fourth-order valence-electron chi connectivity index (χ4n) is 1.08. The molecule has 1 aromatic carbocycles. The molecular formula is C10H5BrN2S. The highest BCUT2D eigenvalue weighted by Crippen LogP contribution is 2.25. The molecule has 14 heavy (non-hydrogen) atoms. The average Bonchev–Trinajstić information content (AvgIpc) is 2.66. The second kappa shape index (κ2) is 3.91. The Hall–Kier alpha value is -1.18. The topological polar surface area (TPSA) is 36.7 Å². The van der Waals surface area contributed by atoms with Crippen molar-refractivity contribution in [2.45, 2.75) is 0 Å². The molecule has 4 heteroatoms. The van der Waals surface area contributed by atoms with Gasteiger partial charge in [0.05, 0.1) is 0 Å². The third-order valence-electron chi connectivity index (χ3n) is 1.69. The van der Waals surface area contributed by atoms with E-state index in [-0.39, 0.29) is 0 Å². The first-order chi connectivity index (χ1) is 6.79. The number of rotatable bonds is 1. The number of hydrogen-bond acceptors (Lipinski definition) is 3. The minimum atomic E-state index is 0.477. The Morgan fingerprint density at radius 3 is 2.93 bits per heavy atom. The van der Waals surface area contributed by atoms with Gasteiger partial charge in [-0.2, -0.15) is 5.26 Å². The maximum absolute atomic E-state index is 8.64. The van der Waals surface area contributed by atoms with Crippen LogP contribution in [0, 0.1) is 11.3 Å². The Balaban J connectivity index is 2.45. The van der Waals surface area contributed by atoms with Gasteiger partial charge in [-0.05, 0) is 12.1 Å². The molecule has 0 radical (unpaired) electrons. The molecular weight excluding hydrogens is 260 g/mol. The Bertz CT molecular complexity index is 499. The van der Waals surface area contributed by atoms with Gasteiger partial charge in [0.2, 0.25) is 0 Å². The van der Waals surface area contributed by atoms with Gasteiger partial charge in [0.25, 0.3) is 0 Å². The zero-order valence-electron chi connectivity index (χ0n) is 7.07. The highest BCUT2D eigenvalue weighted by atomic mass is 79.9. The molecule has 0 atom stereocenters. The smallest absolute Gasteiger partial charge is 0.152 e. The third-order valence-corrected chi connectivity index (χ3v) is 3.07. The van der Waals surface area contributed by atoms with E-state index in [2.05, 4.69) is 20.9 Å². The monoisotopic (exact) mass is 264 g/mol. The summed E-state index contributed by atoms with van der Waals surface area (Å²) in [4.78, 5) is 4.18. The molecule has 0 saturated carbocycles. The van der Waals surface area contributed by atoms with Crippen molar-refractivity contribution >= 4 is 27.3 Å². The molecule has 0 aliphatic carbocycles. The lowest BCUT2D eigenvalue weighted by atomic mass is 10.2. The van der Waals surface area contributed by atoms with Gasteiger partial charge in [-0.25, -0.2) is 4.98 Å². The summed E-state index contributed by atoms with van der Waals surface area (Å²) in [5.41, 5.74) is 1.51. The number of aromatic nitrogens is 1. The van der Waals surface area contributed by atoms with E-state index in [1.54, 1.807) is 5.38 Å². The number of nitrogens with zero attached hydrogens (tertiary/aromatic N) is 2. The van der Waals surface area contributed by atoms with Crippen molar-refractivity contribution in [3.8, 4) is 16.6 Å². The van der Waals surface area contributed by atoms with Gasteiger partial charge in [-0.3, -0.25) is 0 Å². The summed E-state index contributed by atoms with van der Waals surface area (Å²) in [6.07, 6.45) is 0. The normalized spacial score (nSPS) is 9.71. The van der Waals surface area contributed by atoms with E-state index < -0.39 is 0 Å². The van der Waals surface area contributed by atoms with Crippen LogP contribution in [0.3, 0.4) is 0 Å². The first-order valence-electron chi connectivity index (χ1n) is 3.91. The van der Waals surface area contributed by atoms with E-state index in [0.717, 1.165) is 15.0 Å². The predicted octanol–water partition coefficient (Wildman–Crippen LogP) is 3.44. The van der Waals surface area contributed by atoms with Crippen LogP contribution in [0.4, 0.5) is 0 Å². The molecule has 0 spiro atoms. The summed E-state index contributed by atoms with van der Waals surface area (Å²) in [7, 11) is 0. The Morgan fingerprint density at radius 1 is 1.43 bits per heavy atom. The fourth-order valence-corrected chi connectivity index (χ4v) is 2.22. The number of benzene rings is 1. The minimum Gasteiger partial charge on any atom is -0.225 e. The SMILES string of the molecule is N#Cc1csc(-c2cccc(Br)c2)n1. The Labute approximate surface area is 94.0 Å². The summed E-state index contributed by atoms with van der Waals surface area (Å²) in [6, 6.07) is 9.89. The van der Waals surface area contributed by atoms with Crippen molar-refractivity contribution < 1.29 is 0 Å². The van der Waals surface area contributed by atoms with E-state index in [1.165, 1.54) is 11.3 Å². The van der Waals surface area contributed by atoms with Gasteiger partial charge in [-0.15, -0.1) is 11.3 Å². The maximum Gasteiger partial charge on any atom is 0.152 e. The van der Waals surface area contributed by atoms with Gasteiger partial charge in [-0.1, -0.05) is 28.1 Å². The molecule has 2 nitrogen and oxygen atoms in total. The number of nitriles is 1. The van der Waals surface area contributed by atoms with Crippen molar-refractivity contribution in [2.24, 2.45) is 0 Å². The van der Waals surface area contributed by atoms with Gasteiger partial charge >= 0.3 is 0 Å². The Kier molecular flexibility index (Phi) is 2.62. The van der Waals surface area contributed by atoms with Crippen molar-refractivity contribution in [1.29, 1.82) is 5.26 Å².